The van der Waals surface area contributed by atoms with E-state index in [-0.39, 0.29) is 5.91 Å². The molecule has 2 aromatic rings. The third-order valence-electron chi connectivity index (χ3n) is 3.06. The van der Waals surface area contributed by atoms with Gasteiger partial charge in [-0.25, -0.2) is 4.98 Å². The van der Waals surface area contributed by atoms with E-state index in [1.807, 2.05) is 0 Å². The molecule has 0 N–H and O–H groups in total. The fourth-order valence-electron chi connectivity index (χ4n) is 1.93. The summed E-state index contributed by atoms with van der Waals surface area (Å²) in [6, 6.07) is 4.74. The third-order valence-corrected chi connectivity index (χ3v) is 3.06. The Bertz CT molecular complexity index is 627. The Balaban J connectivity index is 2.38. The number of aromatic nitrogens is 2. The van der Waals surface area contributed by atoms with Crippen LogP contribution < -0.4 is 0 Å². The third kappa shape index (κ3) is 2.59. The molecule has 0 fully saturated rings. The Morgan fingerprint density at radius 1 is 1.25 bits per heavy atom. The number of nitrogens with zero attached hydrogens (tertiary/aromatic N) is 2. The van der Waals surface area contributed by atoms with Crippen LogP contribution in [0.15, 0.2) is 30.6 Å². The predicted octanol–water partition coefficient (Wildman–Crippen LogP) is 3.93. The van der Waals surface area contributed by atoms with Crippen molar-refractivity contribution in [3.05, 3.63) is 41.9 Å². The highest BCUT2D eigenvalue weighted by atomic mass is 19.4. The lowest BCUT2D eigenvalue weighted by Crippen LogP contribution is -2.09. The van der Waals surface area contributed by atoms with Gasteiger partial charge in [-0.1, -0.05) is 19.1 Å². The maximum Gasteiger partial charge on any atom is 0.416 e. The van der Waals surface area contributed by atoms with Crippen molar-refractivity contribution in [3.8, 4) is 11.3 Å². The van der Waals surface area contributed by atoms with E-state index in [2.05, 4.69) is 4.98 Å². The van der Waals surface area contributed by atoms with Gasteiger partial charge in [-0.15, -0.1) is 0 Å². The van der Waals surface area contributed by atoms with Crippen molar-refractivity contribution in [2.45, 2.75) is 26.4 Å². The zero-order valence-corrected chi connectivity index (χ0v) is 11.0. The number of alkyl halides is 3. The summed E-state index contributed by atoms with van der Waals surface area (Å²) in [6.07, 6.45) is -2.62. The quantitative estimate of drug-likeness (QED) is 0.836. The molecule has 2 rings (SSSR count). The molecule has 0 bridgehead atoms. The lowest BCUT2D eigenvalue weighted by atomic mass is 10.1. The summed E-state index contributed by atoms with van der Waals surface area (Å²) in [4.78, 5) is 15.7. The molecule has 3 nitrogen and oxygen atoms in total. The molecular formula is C14H13F3N2O. The van der Waals surface area contributed by atoms with E-state index >= 15 is 0 Å². The van der Waals surface area contributed by atoms with Crippen LogP contribution in [0, 0.1) is 6.92 Å². The predicted molar refractivity (Wildman–Crippen MR) is 68.3 cm³/mol. The van der Waals surface area contributed by atoms with Crippen molar-refractivity contribution < 1.29 is 18.0 Å². The molecule has 0 radical (unpaired) electrons. The summed E-state index contributed by atoms with van der Waals surface area (Å²) < 4.78 is 38.9. The van der Waals surface area contributed by atoms with E-state index in [0.29, 0.717) is 23.4 Å². The van der Waals surface area contributed by atoms with Crippen LogP contribution in [0.2, 0.25) is 0 Å². The molecule has 1 heterocycles. The van der Waals surface area contributed by atoms with E-state index in [1.54, 1.807) is 13.8 Å². The molecular weight excluding hydrogens is 269 g/mol. The molecule has 1 aromatic carbocycles. The molecule has 0 saturated carbocycles. The summed E-state index contributed by atoms with van der Waals surface area (Å²) >= 11 is 0. The molecule has 6 heteroatoms. The minimum atomic E-state index is -4.36. The van der Waals surface area contributed by atoms with Crippen molar-refractivity contribution in [1.29, 1.82) is 0 Å². The van der Waals surface area contributed by atoms with Crippen LogP contribution in [0.1, 0.15) is 29.4 Å². The van der Waals surface area contributed by atoms with Crippen LogP contribution in [0.4, 0.5) is 13.2 Å². The second-order valence-electron chi connectivity index (χ2n) is 4.37. The van der Waals surface area contributed by atoms with Crippen molar-refractivity contribution in [2.75, 3.05) is 0 Å². The molecule has 106 valence electrons. The Hall–Kier alpha value is -2.11. The zero-order chi connectivity index (χ0) is 14.9. The van der Waals surface area contributed by atoms with Gasteiger partial charge in [-0.2, -0.15) is 13.2 Å². The van der Waals surface area contributed by atoms with Gasteiger partial charge >= 0.3 is 6.18 Å². The average molecular weight is 282 g/mol. The van der Waals surface area contributed by atoms with Gasteiger partial charge in [0.05, 0.1) is 17.0 Å². The fourth-order valence-corrected chi connectivity index (χ4v) is 1.93. The Morgan fingerprint density at radius 3 is 2.35 bits per heavy atom. The molecule has 0 aliphatic rings. The number of carbonyl (C=O) groups excluding carboxylic acids is 1. The molecule has 0 unspecified atom stereocenters. The van der Waals surface area contributed by atoms with Crippen LogP contribution in [0.3, 0.4) is 0 Å². The smallest absolute Gasteiger partial charge is 0.274 e. The molecule has 0 spiro atoms. The SMILES string of the molecule is CCC(=O)n1cnc(-c2ccc(C(F)(F)F)cc2)c1C. The number of benzene rings is 1. The van der Waals surface area contributed by atoms with Gasteiger partial charge in [-0.3, -0.25) is 9.36 Å². The van der Waals surface area contributed by atoms with E-state index in [4.69, 9.17) is 0 Å². The van der Waals surface area contributed by atoms with Crippen LogP contribution in [-0.2, 0) is 6.18 Å². The Kier molecular flexibility index (Phi) is 3.65. The van der Waals surface area contributed by atoms with Crippen LogP contribution in [0.25, 0.3) is 11.3 Å². The standard InChI is InChI=1S/C14H13F3N2O/c1-3-12(20)19-8-18-13(9(19)2)10-4-6-11(7-5-10)14(15,16)17/h4-8H,3H2,1-2H3. The minimum absolute atomic E-state index is 0.104. The fraction of sp³-hybridized carbons (Fsp3) is 0.286. The van der Waals surface area contributed by atoms with Gasteiger partial charge in [0.15, 0.2) is 0 Å². The van der Waals surface area contributed by atoms with Gasteiger partial charge in [0.25, 0.3) is 0 Å². The van der Waals surface area contributed by atoms with E-state index in [9.17, 15) is 18.0 Å². The number of halogens is 3. The van der Waals surface area contributed by atoms with Crippen LogP contribution >= 0.6 is 0 Å². The summed E-state index contributed by atoms with van der Waals surface area (Å²) in [7, 11) is 0. The number of rotatable bonds is 2. The van der Waals surface area contributed by atoms with Gasteiger partial charge in [-0.05, 0) is 19.1 Å². The molecule has 0 aliphatic heterocycles. The van der Waals surface area contributed by atoms with Crippen molar-refractivity contribution in [1.82, 2.24) is 9.55 Å². The van der Waals surface area contributed by atoms with Gasteiger partial charge < -0.3 is 0 Å². The molecule has 0 saturated heterocycles. The minimum Gasteiger partial charge on any atom is -0.274 e. The molecule has 0 amide bonds. The van der Waals surface area contributed by atoms with Crippen LogP contribution in [-0.4, -0.2) is 15.5 Å². The Labute approximate surface area is 114 Å². The second kappa shape index (κ2) is 5.11. The topological polar surface area (TPSA) is 34.9 Å². The number of hydrogen-bond donors (Lipinski definition) is 0. The lowest BCUT2D eigenvalue weighted by Gasteiger charge is -2.07. The molecule has 1 aromatic heterocycles. The first-order valence-corrected chi connectivity index (χ1v) is 6.09. The van der Waals surface area contributed by atoms with Crippen molar-refractivity contribution in [2.24, 2.45) is 0 Å². The molecule has 0 aliphatic carbocycles. The Morgan fingerprint density at radius 2 is 1.85 bits per heavy atom. The molecule has 0 atom stereocenters. The van der Waals surface area contributed by atoms with E-state index in [1.165, 1.54) is 23.0 Å². The zero-order valence-electron chi connectivity index (χ0n) is 11.0. The maximum atomic E-state index is 12.5. The summed E-state index contributed by atoms with van der Waals surface area (Å²) in [5.41, 5.74) is 0.984. The van der Waals surface area contributed by atoms with Gasteiger partial charge in [0.1, 0.15) is 6.33 Å². The average Bonchev–Trinajstić information content (AvgIpc) is 2.79. The van der Waals surface area contributed by atoms with Gasteiger partial charge in [0, 0.05) is 12.0 Å². The van der Waals surface area contributed by atoms with Crippen molar-refractivity contribution in [3.63, 3.8) is 0 Å². The van der Waals surface area contributed by atoms with Crippen LogP contribution in [0.5, 0.6) is 0 Å². The first-order chi connectivity index (χ1) is 9.34. The first kappa shape index (κ1) is 14.3. The largest absolute Gasteiger partial charge is 0.416 e. The monoisotopic (exact) mass is 282 g/mol. The normalized spacial score (nSPS) is 11.7. The number of hydrogen-bond acceptors (Lipinski definition) is 2. The summed E-state index contributed by atoms with van der Waals surface area (Å²) in [5, 5.41) is 0. The summed E-state index contributed by atoms with van der Waals surface area (Å²) in [6.45, 7) is 3.45. The second-order valence-corrected chi connectivity index (χ2v) is 4.37. The summed E-state index contributed by atoms with van der Waals surface area (Å²) in [5.74, 6) is -0.104. The highest BCUT2D eigenvalue weighted by Crippen LogP contribution is 2.31. The highest BCUT2D eigenvalue weighted by molar-refractivity contribution is 5.81. The van der Waals surface area contributed by atoms with Gasteiger partial charge in [0.2, 0.25) is 5.91 Å². The maximum absolute atomic E-state index is 12.5. The van der Waals surface area contributed by atoms with Crippen molar-refractivity contribution >= 4 is 5.91 Å². The van der Waals surface area contributed by atoms with E-state index < -0.39 is 11.7 Å². The highest BCUT2D eigenvalue weighted by Gasteiger charge is 2.30. The lowest BCUT2D eigenvalue weighted by molar-refractivity contribution is -0.137. The number of imidazole rings is 1. The molecule has 20 heavy (non-hydrogen) atoms. The number of carbonyl (C=O) groups is 1. The first-order valence-electron chi connectivity index (χ1n) is 6.09. The van der Waals surface area contributed by atoms with E-state index in [0.717, 1.165) is 12.1 Å².